The van der Waals surface area contributed by atoms with Crippen molar-refractivity contribution in [3.05, 3.63) is 124 Å². The van der Waals surface area contributed by atoms with Gasteiger partial charge in [-0.15, -0.1) is 0 Å². The molecule has 4 nitrogen and oxygen atoms in total. The van der Waals surface area contributed by atoms with E-state index in [1.54, 1.807) is 11.8 Å². The van der Waals surface area contributed by atoms with E-state index in [4.69, 9.17) is 0 Å². The van der Waals surface area contributed by atoms with Crippen molar-refractivity contribution in [1.82, 2.24) is 5.32 Å². The zero-order valence-electron chi connectivity index (χ0n) is 21.4. The Morgan fingerprint density at radius 2 is 1.62 bits per heavy atom. The Kier molecular flexibility index (Phi) is 7.15. The molecule has 0 saturated heterocycles. The van der Waals surface area contributed by atoms with E-state index in [0.717, 1.165) is 44.2 Å². The maximum atomic E-state index is 13.9. The standard InChI is InChI=1S/C32H30N2O2S/c1-4-23-11-13-24(14-12-23)19-33-31(35)25-15-16-30-28(18-25)34(20-26-17-21(2)9-10-22(26)3)32(36)27-7-5-6-8-29(27)37-30/h5-18H,4,19-20H2,1-3H3,(H,33,35). The predicted octanol–water partition coefficient (Wildman–Crippen LogP) is 7.11. The average molecular weight is 507 g/mol. The van der Waals surface area contributed by atoms with Gasteiger partial charge in [0.1, 0.15) is 0 Å². The molecular formula is C32H30N2O2S. The number of carbonyl (C=O) groups excluding carboxylic acids is 2. The number of hydrogen-bond donors (Lipinski definition) is 1. The van der Waals surface area contributed by atoms with Crippen molar-refractivity contribution in [1.29, 1.82) is 0 Å². The molecule has 5 rings (SSSR count). The van der Waals surface area contributed by atoms with Gasteiger partial charge in [-0.05, 0) is 72.9 Å². The molecule has 0 aliphatic carbocycles. The topological polar surface area (TPSA) is 49.4 Å². The van der Waals surface area contributed by atoms with E-state index in [2.05, 4.69) is 68.6 Å². The third kappa shape index (κ3) is 5.32. The van der Waals surface area contributed by atoms with Crippen LogP contribution in [-0.4, -0.2) is 11.8 Å². The van der Waals surface area contributed by atoms with Crippen LogP contribution < -0.4 is 10.2 Å². The van der Waals surface area contributed by atoms with Crippen molar-refractivity contribution in [2.75, 3.05) is 4.90 Å². The van der Waals surface area contributed by atoms with E-state index in [1.165, 1.54) is 5.56 Å². The van der Waals surface area contributed by atoms with E-state index in [9.17, 15) is 9.59 Å². The van der Waals surface area contributed by atoms with Crippen molar-refractivity contribution >= 4 is 29.3 Å². The van der Waals surface area contributed by atoms with Crippen LogP contribution in [-0.2, 0) is 19.5 Å². The first-order chi connectivity index (χ1) is 17.9. The van der Waals surface area contributed by atoms with Gasteiger partial charge < -0.3 is 10.2 Å². The second-order valence-electron chi connectivity index (χ2n) is 9.45. The summed E-state index contributed by atoms with van der Waals surface area (Å²) in [6.07, 6.45) is 0.987. The highest BCUT2D eigenvalue weighted by molar-refractivity contribution is 7.99. The lowest BCUT2D eigenvalue weighted by molar-refractivity contribution is 0.0947. The van der Waals surface area contributed by atoms with E-state index >= 15 is 0 Å². The van der Waals surface area contributed by atoms with Crippen LogP contribution in [0.2, 0.25) is 0 Å². The summed E-state index contributed by atoms with van der Waals surface area (Å²) < 4.78 is 0. The highest BCUT2D eigenvalue weighted by Gasteiger charge is 2.28. The highest BCUT2D eigenvalue weighted by atomic mass is 32.2. The largest absolute Gasteiger partial charge is 0.348 e. The third-order valence-corrected chi connectivity index (χ3v) is 7.95. The number of aryl methyl sites for hydroxylation is 3. The molecule has 0 unspecified atom stereocenters. The molecule has 0 spiro atoms. The van der Waals surface area contributed by atoms with Crippen molar-refractivity contribution in [2.24, 2.45) is 0 Å². The number of carbonyl (C=O) groups is 2. The summed E-state index contributed by atoms with van der Waals surface area (Å²) >= 11 is 1.57. The van der Waals surface area contributed by atoms with Gasteiger partial charge in [-0.2, -0.15) is 0 Å². The summed E-state index contributed by atoms with van der Waals surface area (Å²) in [5.74, 6) is -0.218. The van der Waals surface area contributed by atoms with Crippen LogP contribution in [0.5, 0.6) is 0 Å². The van der Waals surface area contributed by atoms with Crippen LogP contribution in [0.1, 0.15) is 55.5 Å². The Morgan fingerprint density at radius 1 is 0.865 bits per heavy atom. The quantitative estimate of drug-likeness (QED) is 0.303. The molecule has 1 aliphatic heterocycles. The zero-order valence-corrected chi connectivity index (χ0v) is 22.2. The first-order valence-corrected chi connectivity index (χ1v) is 13.4. The fourth-order valence-electron chi connectivity index (χ4n) is 4.54. The summed E-state index contributed by atoms with van der Waals surface area (Å²) in [6.45, 7) is 7.14. The minimum absolute atomic E-state index is 0.0590. The number of nitrogens with zero attached hydrogens (tertiary/aromatic N) is 1. The Morgan fingerprint density at radius 3 is 2.41 bits per heavy atom. The van der Waals surface area contributed by atoms with Gasteiger partial charge >= 0.3 is 0 Å². The zero-order chi connectivity index (χ0) is 25.9. The molecule has 0 bridgehead atoms. The van der Waals surface area contributed by atoms with Gasteiger partial charge in [0.15, 0.2) is 0 Å². The summed E-state index contributed by atoms with van der Waals surface area (Å²) in [4.78, 5) is 30.7. The molecule has 0 aromatic heterocycles. The Labute approximate surface area is 222 Å². The molecule has 1 aliphatic rings. The number of nitrogens with one attached hydrogen (secondary N) is 1. The first-order valence-electron chi connectivity index (χ1n) is 12.6. The Bertz CT molecular complexity index is 1480. The molecule has 2 amide bonds. The molecule has 4 aromatic rings. The summed E-state index contributed by atoms with van der Waals surface area (Å²) in [6, 6.07) is 28.0. The lowest BCUT2D eigenvalue weighted by Crippen LogP contribution is -2.31. The normalized spacial score (nSPS) is 12.5. The smallest absolute Gasteiger partial charge is 0.259 e. The molecule has 1 heterocycles. The monoisotopic (exact) mass is 506 g/mol. The van der Waals surface area contributed by atoms with Gasteiger partial charge in [0.2, 0.25) is 0 Å². The molecule has 186 valence electrons. The fourth-order valence-corrected chi connectivity index (χ4v) is 5.60. The highest BCUT2D eigenvalue weighted by Crippen LogP contribution is 2.42. The number of benzene rings is 4. The van der Waals surface area contributed by atoms with Gasteiger partial charge in [-0.25, -0.2) is 0 Å². The average Bonchev–Trinajstić information content (AvgIpc) is 3.03. The number of anilines is 1. The molecule has 0 radical (unpaired) electrons. The van der Waals surface area contributed by atoms with Crippen LogP contribution in [0.15, 0.2) is 94.7 Å². The lowest BCUT2D eigenvalue weighted by atomic mass is 10.0. The van der Waals surface area contributed by atoms with Crippen molar-refractivity contribution in [3.63, 3.8) is 0 Å². The number of amides is 2. The van der Waals surface area contributed by atoms with Gasteiger partial charge in [0.05, 0.1) is 17.8 Å². The molecule has 37 heavy (non-hydrogen) atoms. The second kappa shape index (κ2) is 10.7. The fraction of sp³-hybridized carbons (Fsp3) is 0.188. The van der Waals surface area contributed by atoms with Gasteiger partial charge in [-0.3, -0.25) is 9.59 Å². The van der Waals surface area contributed by atoms with E-state index in [1.807, 2.05) is 47.4 Å². The number of fused-ring (bicyclic) bond motifs is 2. The number of hydrogen-bond acceptors (Lipinski definition) is 3. The predicted molar refractivity (Wildman–Crippen MR) is 150 cm³/mol. The molecule has 0 fully saturated rings. The van der Waals surface area contributed by atoms with Crippen LogP contribution in [0.25, 0.3) is 0 Å². The molecule has 1 N–H and O–H groups in total. The van der Waals surface area contributed by atoms with Crippen molar-refractivity contribution in [2.45, 2.75) is 50.1 Å². The molecule has 4 aromatic carbocycles. The Balaban J connectivity index is 1.48. The maximum Gasteiger partial charge on any atom is 0.259 e. The van der Waals surface area contributed by atoms with Crippen LogP contribution in [0.3, 0.4) is 0 Å². The minimum Gasteiger partial charge on any atom is -0.348 e. The minimum atomic E-state index is -0.159. The van der Waals surface area contributed by atoms with Crippen LogP contribution in [0.4, 0.5) is 5.69 Å². The van der Waals surface area contributed by atoms with Crippen molar-refractivity contribution in [3.8, 4) is 0 Å². The van der Waals surface area contributed by atoms with Gasteiger partial charge in [0.25, 0.3) is 11.8 Å². The molecule has 5 heteroatoms. The SMILES string of the molecule is CCc1ccc(CNC(=O)c2ccc3c(c2)N(Cc2cc(C)ccc2C)C(=O)c2ccccc2S3)cc1. The Hall–Kier alpha value is -3.83. The molecular weight excluding hydrogens is 476 g/mol. The second-order valence-corrected chi connectivity index (χ2v) is 10.5. The summed E-state index contributed by atoms with van der Waals surface area (Å²) in [7, 11) is 0. The van der Waals surface area contributed by atoms with Gasteiger partial charge in [0, 0.05) is 21.9 Å². The van der Waals surface area contributed by atoms with E-state index < -0.39 is 0 Å². The molecule has 0 atom stereocenters. The van der Waals surface area contributed by atoms with E-state index in [0.29, 0.717) is 24.2 Å². The number of rotatable bonds is 6. The van der Waals surface area contributed by atoms with Crippen LogP contribution >= 0.6 is 11.8 Å². The maximum absolute atomic E-state index is 13.9. The van der Waals surface area contributed by atoms with Crippen molar-refractivity contribution < 1.29 is 9.59 Å². The lowest BCUT2D eigenvalue weighted by Gasteiger charge is -2.25. The molecule has 0 saturated carbocycles. The first kappa shape index (κ1) is 24.8. The van der Waals surface area contributed by atoms with E-state index in [-0.39, 0.29) is 11.8 Å². The summed E-state index contributed by atoms with van der Waals surface area (Å²) in [5.41, 5.74) is 7.67. The van der Waals surface area contributed by atoms with Crippen LogP contribution in [0, 0.1) is 13.8 Å². The summed E-state index contributed by atoms with van der Waals surface area (Å²) in [5, 5.41) is 3.04. The third-order valence-electron chi connectivity index (χ3n) is 6.81. The van der Waals surface area contributed by atoms with Gasteiger partial charge in [-0.1, -0.05) is 78.8 Å².